The van der Waals surface area contributed by atoms with E-state index in [1.54, 1.807) is 18.2 Å². The van der Waals surface area contributed by atoms with E-state index in [9.17, 15) is 14.4 Å². The minimum absolute atomic E-state index is 0.0121. The van der Waals surface area contributed by atoms with Gasteiger partial charge in [-0.3, -0.25) is 19.3 Å². The van der Waals surface area contributed by atoms with Crippen molar-refractivity contribution in [3.63, 3.8) is 0 Å². The number of fused-ring (bicyclic) bond motifs is 3. The summed E-state index contributed by atoms with van der Waals surface area (Å²) in [4.78, 5) is 42.1. The van der Waals surface area contributed by atoms with Gasteiger partial charge in [0, 0.05) is 31.9 Å². The molecule has 35 heavy (non-hydrogen) atoms. The van der Waals surface area contributed by atoms with Crippen LogP contribution in [0.15, 0.2) is 47.6 Å². The summed E-state index contributed by atoms with van der Waals surface area (Å²) >= 11 is 1.41. The van der Waals surface area contributed by atoms with Gasteiger partial charge in [-0.25, -0.2) is 0 Å². The van der Waals surface area contributed by atoms with Crippen LogP contribution < -0.4 is 19.1 Å². The number of nitrogens with zero attached hydrogens (tertiary/aromatic N) is 4. The number of benzene rings is 2. The highest BCUT2D eigenvalue weighted by atomic mass is 32.2. The molecule has 2 heterocycles. The van der Waals surface area contributed by atoms with E-state index in [4.69, 9.17) is 14.2 Å². The van der Waals surface area contributed by atoms with Crippen molar-refractivity contribution in [2.45, 2.75) is 39.1 Å². The maximum atomic E-state index is 12.9. The van der Waals surface area contributed by atoms with Gasteiger partial charge in [0.1, 0.15) is 0 Å². The maximum Gasteiger partial charge on any atom is 0.308 e. The van der Waals surface area contributed by atoms with E-state index in [0.29, 0.717) is 27.7 Å². The third-order valence-corrected chi connectivity index (χ3v) is 5.60. The van der Waals surface area contributed by atoms with Crippen LogP contribution >= 0.6 is 11.8 Å². The van der Waals surface area contributed by atoms with E-state index in [1.807, 2.05) is 19.1 Å². The molecule has 1 aliphatic rings. The molecular weight excluding hydrogens is 472 g/mol. The molecule has 0 aliphatic carbocycles. The molecule has 11 heteroatoms. The molecule has 1 aromatic heterocycles. The standard InChI is InChI=1S/C24H22N4O6S/c1-5-35-24-25-22-21(26-27-24)17-8-6-7-9-18(17)28(13(2)29)23(34-22)16-10-11-19(32-14(3)30)20(12-16)33-15(4)31/h6-12,23H,5H2,1-4H3/t23-/m0/s1. The average molecular weight is 495 g/mol. The lowest BCUT2D eigenvalue weighted by Crippen LogP contribution is -2.36. The van der Waals surface area contributed by atoms with E-state index in [0.717, 1.165) is 5.75 Å². The van der Waals surface area contributed by atoms with Crippen LogP contribution in [0.3, 0.4) is 0 Å². The van der Waals surface area contributed by atoms with Crippen molar-refractivity contribution in [3.8, 4) is 28.6 Å². The van der Waals surface area contributed by atoms with Crippen molar-refractivity contribution >= 4 is 35.3 Å². The van der Waals surface area contributed by atoms with E-state index < -0.39 is 18.2 Å². The maximum absolute atomic E-state index is 12.9. The van der Waals surface area contributed by atoms with Gasteiger partial charge in [-0.15, -0.1) is 10.2 Å². The molecule has 3 aromatic rings. The Morgan fingerprint density at radius 2 is 1.71 bits per heavy atom. The van der Waals surface area contributed by atoms with Crippen LogP contribution in [0, 0.1) is 0 Å². The molecule has 0 unspecified atom stereocenters. The molecule has 0 bridgehead atoms. The molecule has 4 rings (SSSR count). The summed E-state index contributed by atoms with van der Waals surface area (Å²) in [6.45, 7) is 5.86. The van der Waals surface area contributed by atoms with Crippen LogP contribution in [0.25, 0.3) is 11.3 Å². The lowest BCUT2D eigenvalue weighted by Gasteiger charge is -2.30. The number of amides is 1. The molecule has 0 N–H and O–H groups in total. The summed E-state index contributed by atoms with van der Waals surface area (Å²) < 4.78 is 16.7. The first-order chi connectivity index (χ1) is 16.8. The normalized spacial score (nSPS) is 14.2. The fourth-order valence-corrected chi connectivity index (χ4v) is 4.12. The first-order valence-electron chi connectivity index (χ1n) is 10.7. The Hall–Kier alpha value is -3.99. The van der Waals surface area contributed by atoms with Crippen molar-refractivity contribution in [1.29, 1.82) is 0 Å². The predicted octanol–water partition coefficient (Wildman–Crippen LogP) is 3.95. The zero-order valence-corrected chi connectivity index (χ0v) is 20.3. The quantitative estimate of drug-likeness (QED) is 0.293. The molecule has 10 nitrogen and oxygen atoms in total. The summed E-state index contributed by atoms with van der Waals surface area (Å²) in [5, 5.41) is 8.96. The topological polar surface area (TPSA) is 121 Å². The van der Waals surface area contributed by atoms with Gasteiger partial charge in [0.15, 0.2) is 17.2 Å². The number of thioether (sulfide) groups is 1. The SMILES string of the molecule is CCSc1nnc2c(n1)O[C@@H](c1ccc(OC(C)=O)c(OC(C)=O)c1)N(C(C)=O)c1ccccc1-2. The summed E-state index contributed by atoms with van der Waals surface area (Å²) in [6, 6.07) is 11.8. The van der Waals surface area contributed by atoms with Crippen LogP contribution in [0.1, 0.15) is 39.5 Å². The number of carbonyl (C=O) groups is 3. The van der Waals surface area contributed by atoms with Gasteiger partial charge >= 0.3 is 11.9 Å². The zero-order valence-electron chi connectivity index (χ0n) is 19.5. The first-order valence-corrected chi connectivity index (χ1v) is 11.7. The van der Waals surface area contributed by atoms with Crippen molar-refractivity contribution in [1.82, 2.24) is 15.2 Å². The molecular formula is C24H22N4O6S. The summed E-state index contributed by atoms with van der Waals surface area (Å²) in [7, 11) is 0. The number of hydrogen-bond acceptors (Lipinski definition) is 10. The second kappa shape index (κ2) is 10.1. The molecule has 180 valence electrons. The number of esters is 2. The Bertz CT molecular complexity index is 1310. The second-order valence-corrected chi connectivity index (χ2v) is 8.68. The minimum atomic E-state index is -0.994. The van der Waals surface area contributed by atoms with Gasteiger partial charge in [0.05, 0.1) is 5.69 Å². The number of para-hydroxylation sites is 1. The van der Waals surface area contributed by atoms with Crippen LogP contribution in [0.5, 0.6) is 17.4 Å². The lowest BCUT2D eigenvalue weighted by atomic mass is 10.1. The van der Waals surface area contributed by atoms with Crippen molar-refractivity contribution < 1.29 is 28.6 Å². The number of carbonyl (C=O) groups excluding carboxylic acids is 3. The number of rotatable bonds is 5. The fraction of sp³-hybridized carbons (Fsp3) is 0.250. The predicted molar refractivity (Wildman–Crippen MR) is 127 cm³/mol. The molecule has 1 amide bonds. The number of anilines is 1. The molecule has 1 atom stereocenters. The number of aromatic nitrogens is 3. The Labute approximate surface area is 205 Å². The molecule has 0 radical (unpaired) electrons. The van der Waals surface area contributed by atoms with E-state index in [1.165, 1.54) is 49.6 Å². The third-order valence-electron chi connectivity index (χ3n) is 4.88. The molecule has 2 aromatic carbocycles. The highest BCUT2D eigenvalue weighted by Crippen LogP contribution is 2.44. The van der Waals surface area contributed by atoms with E-state index in [-0.39, 0.29) is 23.3 Å². The molecule has 1 aliphatic heterocycles. The highest BCUT2D eigenvalue weighted by molar-refractivity contribution is 7.99. The summed E-state index contributed by atoms with van der Waals surface area (Å²) in [6.07, 6.45) is -0.994. The fourth-order valence-electron chi connectivity index (χ4n) is 3.61. The van der Waals surface area contributed by atoms with Crippen LogP contribution in [-0.2, 0) is 14.4 Å². The molecule has 0 saturated heterocycles. The largest absolute Gasteiger partial charge is 0.447 e. The lowest BCUT2D eigenvalue weighted by molar-refractivity contribution is -0.134. The Morgan fingerprint density at radius 1 is 1.00 bits per heavy atom. The van der Waals surface area contributed by atoms with Gasteiger partial charge < -0.3 is 14.2 Å². The molecule has 0 saturated carbocycles. The van der Waals surface area contributed by atoms with Crippen LogP contribution in [0.4, 0.5) is 5.69 Å². The summed E-state index contributed by atoms with van der Waals surface area (Å²) in [5.41, 5.74) is 2.03. The Balaban J connectivity index is 1.90. The minimum Gasteiger partial charge on any atom is -0.447 e. The molecule has 0 fully saturated rings. The average Bonchev–Trinajstić information content (AvgIpc) is 2.94. The van der Waals surface area contributed by atoms with Gasteiger partial charge in [0.25, 0.3) is 0 Å². The van der Waals surface area contributed by atoms with Gasteiger partial charge in [0.2, 0.25) is 23.2 Å². The number of hydrogen-bond donors (Lipinski definition) is 0. The Morgan fingerprint density at radius 3 is 2.40 bits per heavy atom. The van der Waals surface area contributed by atoms with Crippen LogP contribution in [0.2, 0.25) is 0 Å². The van der Waals surface area contributed by atoms with Gasteiger partial charge in [-0.05, 0) is 30.0 Å². The van der Waals surface area contributed by atoms with Crippen molar-refractivity contribution in [2.24, 2.45) is 0 Å². The van der Waals surface area contributed by atoms with Gasteiger partial charge in [-0.2, -0.15) is 4.98 Å². The second-order valence-electron chi connectivity index (χ2n) is 7.45. The highest BCUT2D eigenvalue weighted by Gasteiger charge is 2.35. The number of ether oxygens (including phenoxy) is 3. The first kappa shape index (κ1) is 24.1. The molecule has 0 spiro atoms. The van der Waals surface area contributed by atoms with E-state index in [2.05, 4.69) is 15.2 Å². The van der Waals surface area contributed by atoms with E-state index >= 15 is 0 Å². The monoisotopic (exact) mass is 494 g/mol. The Kier molecular flexibility index (Phi) is 6.97. The summed E-state index contributed by atoms with van der Waals surface area (Å²) in [5.74, 6) is -0.462. The van der Waals surface area contributed by atoms with Crippen LogP contribution in [-0.4, -0.2) is 38.8 Å². The third kappa shape index (κ3) is 5.09. The van der Waals surface area contributed by atoms with Gasteiger partial charge in [-0.1, -0.05) is 36.9 Å². The smallest absolute Gasteiger partial charge is 0.308 e. The van der Waals surface area contributed by atoms with Crippen molar-refractivity contribution in [2.75, 3.05) is 10.7 Å². The zero-order chi connectivity index (χ0) is 25.1. The van der Waals surface area contributed by atoms with Crippen molar-refractivity contribution in [3.05, 3.63) is 48.0 Å².